The summed E-state index contributed by atoms with van der Waals surface area (Å²) in [5.41, 5.74) is 4.36. The van der Waals surface area contributed by atoms with Crippen molar-refractivity contribution < 1.29 is 9.53 Å². The average Bonchev–Trinajstić information content (AvgIpc) is 3.09. The minimum Gasteiger partial charge on any atom is -0.469 e. The first-order valence-corrected chi connectivity index (χ1v) is 9.99. The average molecular weight is 385 g/mol. The van der Waals surface area contributed by atoms with E-state index in [1.807, 2.05) is 12.3 Å². The maximum absolute atomic E-state index is 13.3. The van der Waals surface area contributed by atoms with E-state index < -0.39 is 0 Å². The van der Waals surface area contributed by atoms with Crippen molar-refractivity contribution in [3.8, 4) is 11.1 Å². The number of thiophene rings is 1. The second kappa shape index (κ2) is 8.05. The Kier molecular flexibility index (Phi) is 5.75. The van der Waals surface area contributed by atoms with E-state index in [-0.39, 0.29) is 17.9 Å². The number of hydrogen-bond acceptors (Lipinski definition) is 5. The maximum atomic E-state index is 13.3. The third kappa shape index (κ3) is 3.81. The molecule has 1 aromatic carbocycles. The van der Waals surface area contributed by atoms with Crippen molar-refractivity contribution in [1.82, 2.24) is 9.55 Å². The van der Waals surface area contributed by atoms with Gasteiger partial charge in [-0.1, -0.05) is 25.1 Å². The monoisotopic (exact) mass is 384 g/mol. The molecule has 27 heavy (non-hydrogen) atoms. The van der Waals surface area contributed by atoms with Gasteiger partial charge in [-0.05, 0) is 37.0 Å². The van der Waals surface area contributed by atoms with Gasteiger partial charge in [0.1, 0.15) is 10.7 Å². The summed E-state index contributed by atoms with van der Waals surface area (Å²) in [4.78, 5) is 30.2. The van der Waals surface area contributed by atoms with Gasteiger partial charge in [-0.3, -0.25) is 14.2 Å². The van der Waals surface area contributed by atoms with Gasteiger partial charge in [0.15, 0.2) is 0 Å². The van der Waals surface area contributed by atoms with Crippen LogP contribution in [0.5, 0.6) is 0 Å². The largest absolute Gasteiger partial charge is 0.469 e. The van der Waals surface area contributed by atoms with E-state index in [9.17, 15) is 9.59 Å². The molecule has 0 atom stereocenters. The first-order chi connectivity index (χ1) is 13.0. The standard InChI is InChI=1S/C21H24N2O3S/c1-5-17-22-20-19(21(25)23(17)10-6-7-18(24)26-4)16(12-27-20)15-9-8-13(2)14(3)11-15/h8-9,11-12H,5-7,10H2,1-4H3. The zero-order valence-corrected chi connectivity index (χ0v) is 17.0. The predicted octanol–water partition coefficient (Wildman–Crippen LogP) is 4.26. The van der Waals surface area contributed by atoms with E-state index in [1.165, 1.54) is 29.6 Å². The van der Waals surface area contributed by atoms with Crippen LogP contribution in [0.2, 0.25) is 0 Å². The fourth-order valence-electron chi connectivity index (χ4n) is 3.17. The second-order valence-electron chi connectivity index (χ2n) is 6.65. The fraction of sp³-hybridized carbons (Fsp3) is 0.381. The summed E-state index contributed by atoms with van der Waals surface area (Å²) < 4.78 is 6.40. The smallest absolute Gasteiger partial charge is 0.305 e. The summed E-state index contributed by atoms with van der Waals surface area (Å²) in [6, 6.07) is 6.25. The number of aryl methyl sites for hydroxylation is 3. The Morgan fingerprint density at radius 1 is 1.26 bits per heavy atom. The molecule has 0 spiro atoms. The van der Waals surface area contributed by atoms with Crippen LogP contribution in [-0.4, -0.2) is 22.6 Å². The minimum absolute atomic E-state index is 0.0313. The summed E-state index contributed by atoms with van der Waals surface area (Å²) in [6.45, 7) is 6.60. The number of hydrogen-bond donors (Lipinski definition) is 0. The van der Waals surface area contributed by atoms with Crippen LogP contribution in [0.4, 0.5) is 0 Å². The Balaban J connectivity index is 2.08. The van der Waals surface area contributed by atoms with Gasteiger partial charge in [0.2, 0.25) is 0 Å². The van der Waals surface area contributed by atoms with Crippen molar-refractivity contribution in [2.24, 2.45) is 0 Å². The Morgan fingerprint density at radius 2 is 2.04 bits per heavy atom. The number of fused-ring (bicyclic) bond motifs is 1. The number of rotatable bonds is 6. The number of aromatic nitrogens is 2. The molecule has 0 radical (unpaired) electrons. The summed E-state index contributed by atoms with van der Waals surface area (Å²) in [5.74, 6) is 0.493. The van der Waals surface area contributed by atoms with Crippen molar-refractivity contribution in [1.29, 1.82) is 0 Å². The number of benzene rings is 1. The lowest BCUT2D eigenvalue weighted by molar-refractivity contribution is -0.140. The topological polar surface area (TPSA) is 61.2 Å². The summed E-state index contributed by atoms with van der Waals surface area (Å²) in [6.07, 6.45) is 1.51. The molecule has 3 aromatic rings. The van der Waals surface area contributed by atoms with E-state index >= 15 is 0 Å². The Bertz CT molecular complexity index is 1050. The molecule has 0 N–H and O–H groups in total. The molecule has 0 amide bonds. The molecule has 0 fully saturated rings. The Morgan fingerprint density at radius 3 is 2.70 bits per heavy atom. The predicted molar refractivity (Wildman–Crippen MR) is 109 cm³/mol. The molecule has 0 aliphatic carbocycles. The van der Waals surface area contributed by atoms with Gasteiger partial charge < -0.3 is 4.74 Å². The van der Waals surface area contributed by atoms with Crippen molar-refractivity contribution in [2.75, 3.05) is 7.11 Å². The molecule has 0 bridgehead atoms. The molecule has 142 valence electrons. The lowest BCUT2D eigenvalue weighted by atomic mass is 10.0. The van der Waals surface area contributed by atoms with Gasteiger partial charge in [0.05, 0.1) is 12.5 Å². The first kappa shape index (κ1) is 19.3. The quantitative estimate of drug-likeness (QED) is 0.596. The zero-order chi connectivity index (χ0) is 19.6. The van der Waals surface area contributed by atoms with Crippen molar-refractivity contribution in [3.63, 3.8) is 0 Å². The highest BCUT2D eigenvalue weighted by Crippen LogP contribution is 2.32. The van der Waals surface area contributed by atoms with Gasteiger partial charge in [-0.15, -0.1) is 11.3 Å². The van der Waals surface area contributed by atoms with Gasteiger partial charge in [0, 0.05) is 30.3 Å². The maximum Gasteiger partial charge on any atom is 0.305 e. The Hall–Kier alpha value is -2.47. The van der Waals surface area contributed by atoms with Crippen molar-refractivity contribution in [2.45, 2.75) is 46.6 Å². The summed E-state index contributed by atoms with van der Waals surface area (Å²) in [5, 5.41) is 2.68. The van der Waals surface area contributed by atoms with Crippen LogP contribution in [0.15, 0.2) is 28.4 Å². The number of methoxy groups -OCH3 is 1. The number of ether oxygens (including phenoxy) is 1. The van der Waals surface area contributed by atoms with Crippen LogP contribution in [0.3, 0.4) is 0 Å². The molecule has 2 heterocycles. The zero-order valence-electron chi connectivity index (χ0n) is 16.2. The molecule has 0 saturated carbocycles. The SMILES string of the molecule is CCc1nc2scc(-c3ccc(C)c(C)c3)c2c(=O)n1CCCC(=O)OC. The molecule has 3 rings (SSSR count). The Labute approximate surface area is 162 Å². The van der Waals surface area contributed by atoms with E-state index in [2.05, 4.69) is 32.0 Å². The van der Waals surface area contributed by atoms with Crippen LogP contribution in [0.1, 0.15) is 36.7 Å². The molecular formula is C21H24N2O3S. The van der Waals surface area contributed by atoms with Crippen molar-refractivity contribution >= 4 is 27.5 Å². The molecule has 6 heteroatoms. The van der Waals surface area contributed by atoms with E-state index in [1.54, 1.807) is 4.57 Å². The van der Waals surface area contributed by atoms with Gasteiger partial charge in [-0.2, -0.15) is 0 Å². The summed E-state index contributed by atoms with van der Waals surface area (Å²) in [7, 11) is 1.38. The normalized spacial score (nSPS) is 11.1. The lowest BCUT2D eigenvalue weighted by Crippen LogP contribution is -2.25. The molecule has 0 unspecified atom stereocenters. The molecule has 0 saturated heterocycles. The van der Waals surface area contributed by atoms with Gasteiger partial charge in [-0.25, -0.2) is 4.98 Å². The molecule has 0 aliphatic rings. The van der Waals surface area contributed by atoms with E-state index in [0.29, 0.717) is 24.8 Å². The third-order valence-corrected chi connectivity index (χ3v) is 5.77. The van der Waals surface area contributed by atoms with Crippen LogP contribution in [-0.2, 0) is 22.5 Å². The highest BCUT2D eigenvalue weighted by molar-refractivity contribution is 7.17. The minimum atomic E-state index is -0.263. The summed E-state index contributed by atoms with van der Waals surface area (Å²) >= 11 is 1.51. The fourth-order valence-corrected chi connectivity index (χ4v) is 4.13. The highest BCUT2D eigenvalue weighted by Gasteiger charge is 2.17. The number of carbonyl (C=O) groups is 1. The van der Waals surface area contributed by atoms with Crippen LogP contribution >= 0.6 is 11.3 Å². The van der Waals surface area contributed by atoms with E-state index in [4.69, 9.17) is 9.72 Å². The van der Waals surface area contributed by atoms with Crippen LogP contribution in [0, 0.1) is 13.8 Å². The number of nitrogens with zero attached hydrogens (tertiary/aromatic N) is 2. The molecule has 0 aliphatic heterocycles. The van der Waals surface area contributed by atoms with Gasteiger partial charge in [0.25, 0.3) is 5.56 Å². The number of carbonyl (C=O) groups excluding carboxylic acids is 1. The molecular weight excluding hydrogens is 360 g/mol. The van der Waals surface area contributed by atoms with Crippen LogP contribution in [0.25, 0.3) is 21.3 Å². The third-order valence-electron chi connectivity index (χ3n) is 4.90. The van der Waals surface area contributed by atoms with Gasteiger partial charge >= 0.3 is 5.97 Å². The highest BCUT2D eigenvalue weighted by atomic mass is 32.1. The molecule has 5 nitrogen and oxygen atoms in total. The first-order valence-electron chi connectivity index (χ1n) is 9.11. The van der Waals surface area contributed by atoms with Crippen molar-refractivity contribution in [3.05, 3.63) is 50.9 Å². The van der Waals surface area contributed by atoms with E-state index in [0.717, 1.165) is 21.8 Å². The molecule has 2 aromatic heterocycles. The lowest BCUT2D eigenvalue weighted by Gasteiger charge is -2.12. The second-order valence-corrected chi connectivity index (χ2v) is 7.50. The van der Waals surface area contributed by atoms with Crippen LogP contribution < -0.4 is 5.56 Å². The number of esters is 1.